The van der Waals surface area contributed by atoms with E-state index in [1.165, 1.54) is 18.4 Å². The maximum atomic E-state index is 13.1. The molecule has 0 aliphatic rings. The number of aromatic carboxylic acids is 1. The predicted molar refractivity (Wildman–Crippen MR) is 58.8 cm³/mol. The van der Waals surface area contributed by atoms with Gasteiger partial charge in [0.25, 0.3) is 0 Å². The third kappa shape index (κ3) is 1.86. The molecular formula is C11H6BrFO3. The number of carboxylic acid groups (broad SMARTS) is 1. The first-order chi connectivity index (χ1) is 7.59. The maximum Gasteiger partial charge on any atom is 0.338 e. The van der Waals surface area contributed by atoms with Gasteiger partial charge in [-0.05, 0) is 40.2 Å². The first kappa shape index (κ1) is 10.9. The Morgan fingerprint density at radius 2 is 2.12 bits per heavy atom. The molecule has 0 radical (unpaired) electrons. The lowest BCUT2D eigenvalue weighted by Gasteiger charge is -2.01. The summed E-state index contributed by atoms with van der Waals surface area (Å²) < 4.78 is 19.0. The highest BCUT2D eigenvalue weighted by Gasteiger charge is 2.14. The van der Waals surface area contributed by atoms with Gasteiger partial charge < -0.3 is 9.52 Å². The molecule has 1 aromatic heterocycles. The molecule has 0 atom stereocenters. The van der Waals surface area contributed by atoms with Crippen LogP contribution in [0.25, 0.3) is 11.3 Å². The van der Waals surface area contributed by atoms with E-state index in [-0.39, 0.29) is 5.56 Å². The summed E-state index contributed by atoms with van der Waals surface area (Å²) in [6.07, 6.45) is 1.46. The molecule has 0 spiro atoms. The highest BCUT2D eigenvalue weighted by Crippen LogP contribution is 2.30. The van der Waals surface area contributed by atoms with Gasteiger partial charge in [0.2, 0.25) is 0 Å². The summed E-state index contributed by atoms with van der Waals surface area (Å²) >= 11 is 3.25. The molecule has 0 fully saturated rings. The van der Waals surface area contributed by atoms with Gasteiger partial charge in [-0.3, -0.25) is 0 Å². The highest BCUT2D eigenvalue weighted by molar-refractivity contribution is 9.10. The normalized spacial score (nSPS) is 10.4. The van der Waals surface area contributed by atoms with E-state index < -0.39 is 11.8 Å². The summed E-state index contributed by atoms with van der Waals surface area (Å²) in [4.78, 5) is 10.7. The lowest BCUT2D eigenvalue weighted by atomic mass is 10.1. The van der Waals surface area contributed by atoms with Gasteiger partial charge in [0.15, 0.2) is 0 Å². The van der Waals surface area contributed by atoms with Crippen LogP contribution in [-0.4, -0.2) is 11.1 Å². The van der Waals surface area contributed by atoms with Crippen LogP contribution < -0.4 is 0 Å². The number of rotatable bonds is 2. The molecule has 2 aromatic rings. The van der Waals surface area contributed by atoms with E-state index >= 15 is 0 Å². The highest BCUT2D eigenvalue weighted by atomic mass is 79.9. The molecule has 0 saturated carbocycles. The molecule has 1 aromatic carbocycles. The molecule has 0 aliphatic heterocycles. The number of hydrogen-bond donors (Lipinski definition) is 1. The van der Waals surface area contributed by atoms with Gasteiger partial charge in [0.1, 0.15) is 11.6 Å². The van der Waals surface area contributed by atoms with E-state index in [2.05, 4.69) is 15.9 Å². The lowest BCUT2D eigenvalue weighted by molar-refractivity contribution is 0.0692. The van der Waals surface area contributed by atoms with Crippen molar-refractivity contribution in [2.24, 2.45) is 0 Å². The summed E-state index contributed by atoms with van der Waals surface area (Å²) in [5.41, 5.74) is 0.136. The van der Waals surface area contributed by atoms with E-state index in [4.69, 9.17) is 9.52 Å². The van der Waals surface area contributed by atoms with Crippen molar-refractivity contribution in [1.29, 1.82) is 0 Å². The second-order valence-corrected chi connectivity index (χ2v) is 3.95. The van der Waals surface area contributed by atoms with Crippen LogP contribution in [0.5, 0.6) is 0 Å². The molecule has 16 heavy (non-hydrogen) atoms. The number of hydrogen-bond acceptors (Lipinski definition) is 2. The summed E-state index contributed by atoms with van der Waals surface area (Å²) in [6.45, 7) is 0. The van der Waals surface area contributed by atoms with Crippen molar-refractivity contribution < 1.29 is 18.7 Å². The van der Waals surface area contributed by atoms with Crippen LogP contribution in [0.4, 0.5) is 4.39 Å². The number of halogens is 2. The molecule has 0 saturated heterocycles. The Kier molecular flexibility index (Phi) is 2.78. The van der Waals surface area contributed by atoms with Gasteiger partial charge >= 0.3 is 5.97 Å². The van der Waals surface area contributed by atoms with E-state index in [9.17, 15) is 9.18 Å². The van der Waals surface area contributed by atoms with E-state index in [0.29, 0.717) is 15.8 Å². The SMILES string of the molecule is O=C(O)c1cc(-c2occc2Br)ccc1F. The van der Waals surface area contributed by atoms with E-state index in [0.717, 1.165) is 6.07 Å². The number of benzene rings is 1. The van der Waals surface area contributed by atoms with E-state index in [1.807, 2.05) is 0 Å². The van der Waals surface area contributed by atoms with Crippen molar-refractivity contribution in [2.75, 3.05) is 0 Å². The summed E-state index contributed by atoms with van der Waals surface area (Å²) in [5.74, 6) is -1.59. The number of carbonyl (C=O) groups is 1. The van der Waals surface area contributed by atoms with Crippen LogP contribution in [0.2, 0.25) is 0 Å². The van der Waals surface area contributed by atoms with Gasteiger partial charge in [-0.25, -0.2) is 9.18 Å². The van der Waals surface area contributed by atoms with Crippen molar-refractivity contribution in [3.05, 3.63) is 46.4 Å². The Bertz CT molecular complexity index is 548. The van der Waals surface area contributed by atoms with Crippen LogP contribution in [0, 0.1) is 5.82 Å². The fourth-order valence-electron chi connectivity index (χ4n) is 1.33. The Morgan fingerprint density at radius 1 is 1.38 bits per heavy atom. The van der Waals surface area contributed by atoms with Crippen LogP contribution in [0.1, 0.15) is 10.4 Å². The average Bonchev–Trinajstić information content (AvgIpc) is 2.65. The van der Waals surface area contributed by atoms with Crippen molar-refractivity contribution in [2.45, 2.75) is 0 Å². The first-order valence-electron chi connectivity index (χ1n) is 4.36. The van der Waals surface area contributed by atoms with Gasteiger partial charge in [-0.1, -0.05) is 0 Å². The smallest absolute Gasteiger partial charge is 0.338 e. The summed E-state index contributed by atoms with van der Waals surface area (Å²) in [7, 11) is 0. The zero-order chi connectivity index (χ0) is 11.7. The Hall–Kier alpha value is -1.62. The van der Waals surface area contributed by atoms with E-state index in [1.54, 1.807) is 6.07 Å². The van der Waals surface area contributed by atoms with Crippen molar-refractivity contribution >= 4 is 21.9 Å². The van der Waals surface area contributed by atoms with Gasteiger partial charge in [-0.2, -0.15) is 0 Å². The van der Waals surface area contributed by atoms with Crippen LogP contribution in [-0.2, 0) is 0 Å². The predicted octanol–water partition coefficient (Wildman–Crippen LogP) is 3.55. The minimum atomic E-state index is -1.30. The molecule has 0 amide bonds. The second kappa shape index (κ2) is 4.09. The molecular weight excluding hydrogens is 279 g/mol. The molecule has 0 aliphatic carbocycles. The molecule has 0 bridgehead atoms. The monoisotopic (exact) mass is 284 g/mol. The molecule has 5 heteroatoms. The zero-order valence-corrected chi connectivity index (χ0v) is 9.49. The molecule has 0 unspecified atom stereocenters. The van der Waals surface area contributed by atoms with Gasteiger partial charge in [-0.15, -0.1) is 0 Å². The van der Waals surface area contributed by atoms with Gasteiger partial charge in [0.05, 0.1) is 16.3 Å². The topological polar surface area (TPSA) is 50.4 Å². The Labute approximate surface area is 98.6 Å². The molecule has 2 rings (SSSR count). The minimum absolute atomic E-state index is 0.374. The standard InChI is InChI=1S/C11H6BrFO3/c12-8-3-4-16-10(8)6-1-2-9(13)7(5-6)11(14)15/h1-5H,(H,14,15). The molecule has 1 heterocycles. The molecule has 1 N–H and O–H groups in total. The van der Waals surface area contributed by atoms with Crippen molar-refractivity contribution in [3.63, 3.8) is 0 Å². The van der Waals surface area contributed by atoms with Crippen LogP contribution in [0.3, 0.4) is 0 Å². The second-order valence-electron chi connectivity index (χ2n) is 3.10. The third-order valence-electron chi connectivity index (χ3n) is 2.08. The quantitative estimate of drug-likeness (QED) is 0.918. The molecule has 82 valence electrons. The Morgan fingerprint density at radius 3 is 2.69 bits per heavy atom. The molecule has 3 nitrogen and oxygen atoms in total. The number of furan rings is 1. The maximum absolute atomic E-state index is 13.1. The minimum Gasteiger partial charge on any atom is -0.478 e. The Balaban J connectivity index is 2.56. The van der Waals surface area contributed by atoms with Gasteiger partial charge in [0, 0.05) is 5.56 Å². The largest absolute Gasteiger partial charge is 0.478 e. The van der Waals surface area contributed by atoms with Crippen LogP contribution >= 0.6 is 15.9 Å². The first-order valence-corrected chi connectivity index (χ1v) is 5.15. The zero-order valence-electron chi connectivity index (χ0n) is 7.91. The fourth-order valence-corrected chi connectivity index (χ4v) is 1.76. The number of carboxylic acids is 1. The van der Waals surface area contributed by atoms with Crippen molar-refractivity contribution in [1.82, 2.24) is 0 Å². The third-order valence-corrected chi connectivity index (χ3v) is 2.70. The van der Waals surface area contributed by atoms with Crippen molar-refractivity contribution in [3.8, 4) is 11.3 Å². The summed E-state index contributed by atoms with van der Waals surface area (Å²) in [6, 6.07) is 5.49. The van der Waals surface area contributed by atoms with Crippen LogP contribution in [0.15, 0.2) is 39.4 Å². The lowest BCUT2D eigenvalue weighted by Crippen LogP contribution is -2.00. The summed E-state index contributed by atoms with van der Waals surface area (Å²) in [5, 5.41) is 8.77. The average molecular weight is 285 g/mol. The fraction of sp³-hybridized carbons (Fsp3) is 0.